The monoisotopic (exact) mass is 450 g/mol. The highest BCUT2D eigenvalue weighted by Gasteiger charge is 2.20. The standard InChI is InChI=1S/C20H19ClN2O4S2/c1-20(2,25)19-23-17(11-28-19)12-4-6-13(7-5-12)22-18(24)15-9-8-14(10-16(15)21)29(3,26)27/h4-11,25H,1-3H3,(H,22,24). The molecule has 0 fully saturated rings. The van der Waals surface area contributed by atoms with Gasteiger partial charge in [-0.3, -0.25) is 4.79 Å². The lowest BCUT2D eigenvalue weighted by Gasteiger charge is -2.12. The van der Waals surface area contributed by atoms with E-state index in [9.17, 15) is 18.3 Å². The van der Waals surface area contributed by atoms with Crippen molar-refractivity contribution in [3.63, 3.8) is 0 Å². The summed E-state index contributed by atoms with van der Waals surface area (Å²) in [6, 6.07) is 11.1. The molecule has 29 heavy (non-hydrogen) atoms. The Bertz CT molecular complexity index is 1160. The number of benzene rings is 2. The van der Waals surface area contributed by atoms with Crippen LogP contribution >= 0.6 is 22.9 Å². The van der Waals surface area contributed by atoms with Crippen LogP contribution in [0.25, 0.3) is 11.3 Å². The van der Waals surface area contributed by atoms with Crippen molar-refractivity contribution in [2.75, 3.05) is 11.6 Å². The van der Waals surface area contributed by atoms with Crippen LogP contribution in [0.4, 0.5) is 5.69 Å². The third kappa shape index (κ3) is 5.02. The van der Waals surface area contributed by atoms with Crippen LogP contribution in [-0.2, 0) is 15.4 Å². The molecule has 1 amide bonds. The van der Waals surface area contributed by atoms with Crippen LogP contribution < -0.4 is 5.32 Å². The zero-order chi connectivity index (χ0) is 21.4. The number of carbonyl (C=O) groups excluding carboxylic acids is 1. The number of aliphatic hydroxyl groups is 1. The van der Waals surface area contributed by atoms with Crippen LogP contribution in [0.2, 0.25) is 5.02 Å². The summed E-state index contributed by atoms with van der Waals surface area (Å²) in [6.45, 7) is 3.36. The molecule has 2 aromatic carbocycles. The normalized spacial score (nSPS) is 12.0. The maximum atomic E-state index is 12.5. The second-order valence-corrected chi connectivity index (χ2v) is 10.3. The van der Waals surface area contributed by atoms with Crippen molar-refractivity contribution in [2.24, 2.45) is 0 Å². The second kappa shape index (κ2) is 7.87. The minimum Gasteiger partial charge on any atom is -0.383 e. The molecular weight excluding hydrogens is 432 g/mol. The molecule has 0 unspecified atom stereocenters. The van der Waals surface area contributed by atoms with Gasteiger partial charge in [0.2, 0.25) is 0 Å². The molecule has 1 heterocycles. The van der Waals surface area contributed by atoms with E-state index in [4.69, 9.17) is 11.6 Å². The Kier molecular flexibility index (Phi) is 5.82. The van der Waals surface area contributed by atoms with Gasteiger partial charge in [0.25, 0.3) is 5.91 Å². The number of amides is 1. The van der Waals surface area contributed by atoms with E-state index in [-0.39, 0.29) is 15.5 Å². The van der Waals surface area contributed by atoms with Crippen LogP contribution in [0.3, 0.4) is 0 Å². The molecule has 1 aromatic heterocycles. The quantitative estimate of drug-likeness (QED) is 0.602. The Hall–Kier alpha value is -2.26. The summed E-state index contributed by atoms with van der Waals surface area (Å²) in [5, 5.41) is 15.3. The zero-order valence-electron chi connectivity index (χ0n) is 15.9. The average molecular weight is 451 g/mol. The minimum atomic E-state index is -3.40. The molecule has 0 atom stereocenters. The van der Waals surface area contributed by atoms with Crippen molar-refractivity contribution in [1.82, 2.24) is 4.98 Å². The van der Waals surface area contributed by atoms with Gasteiger partial charge >= 0.3 is 0 Å². The number of halogens is 1. The number of nitrogens with one attached hydrogen (secondary N) is 1. The Morgan fingerprint density at radius 1 is 1.17 bits per heavy atom. The maximum absolute atomic E-state index is 12.5. The van der Waals surface area contributed by atoms with E-state index >= 15 is 0 Å². The number of hydrogen-bond acceptors (Lipinski definition) is 6. The molecule has 0 saturated heterocycles. The fourth-order valence-electron chi connectivity index (χ4n) is 2.52. The highest BCUT2D eigenvalue weighted by molar-refractivity contribution is 7.90. The molecule has 6 nitrogen and oxygen atoms in total. The first kappa shape index (κ1) is 21.4. The summed E-state index contributed by atoms with van der Waals surface area (Å²) in [5.74, 6) is -0.444. The first-order valence-corrected chi connectivity index (χ1v) is 11.7. The molecule has 0 aliphatic carbocycles. The molecule has 2 N–H and O–H groups in total. The molecule has 3 aromatic rings. The first-order chi connectivity index (χ1) is 13.4. The number of thiazole rings is 1. The Balaban J connectivity index is 1.76. The van der Waals surface area contributed by atoms with Gasteiger partial charge < -0.3 is 10.4 Å². The fraction of sp³-hybridized carbons (Fsp3) is 0.200. The van der Waals surface area contributed by atoms with Gasteiger partial charge in [-0.15, -0.1) is 11.3 Å². The van der Waals surface area contributed by atoms with Gasteiger partial charge in [-0.25, -0.2) is 13.4 Å². The Labute approximate surface area is 178 Å². The van der Waals surface area contributed by atoms with E-state index in [2.05, 4.69) is 10.3 Å². The summed E-state index contributed by atoms with van der Waals surface area (Å²) < 4.78 is 23.2. The van der Waals surface area contributed by atoms with Gasteiger partial charge in [-0.05, 0) is 44.2 Å². The predicted octanol–water partition coefficient (Wildman–Crippen LogP) is 4.35. The van der Waals surface area contributed by atoms with E-state index < -0.39 is 21.3 Å². The van der Waals surface area contributed by atoms with Crippen LogP contribution in [-0.4, -0.2) is 30.7 Å². The zero-order valence-corrected chi connectivity index (χ0v) is 18.3. The SMILES string of the molecule is CC(C)(O)c1nc(-c2ccc(NC(=O)c3ccc(S(C)(=O)=O)cc3Cl)cc2)cs1. The molecular formula is C20H19ClN2O4S2. The van der Waals surface area contributed by atoms with Gasteiger partial charge in [-0.2, -0.15) is 0 Å². The van der Waals surface area contributed by atoms with Crippen LogP contribution in [0.15, 0.2) is 52.7 Å². The Morgan fingerprint density at radius 2 is 1.83 bits per heavy atom. The smallest absolute Gasteiger partial charge is 0.257 e. The summed E-state index contributed by atoms with van der Waals surface area (Å²) in [4.78, 5) is 17.0. The topological polar surface area (TPSA) is 96.4 Å². The van der Waals surface area contributed by atoms with Gasteiger partial charge in [0, 0.05) is 22.9 Å². The highest BCUT2D eigenvalue weighted by atomic mass is 35.5. The number of rotatable bonds is 5. The van der Waals surface area contributed by atoms with E-state index in [1.54, 1.807) is 26.0 Å². The van der Waals surface area contributed by atoms with Gasteiger partial charge in [0.05, 0.1) is 21.2 Å². The van der Waals surface area contributed by atoms with Crippen LogP contribution in [0.5, 0.6) is 0 Å². The van der Waals surface area contributed by atoms with Crippen molar-refractivity contribution in [2.45, 2.75) is 24.3 Å². The average Bonchev–Trinajstić information content (AvgIpc) is 3.12. The maximum Gasteiger partial charge on any atom is 0.257 e. The number of aromatic nitrogens is 1. The lowest BCUT2D eigenvalue weighted by molar-refractivity contribution is 0.0783. The number of anilines is 1. The molecule has 0 spiro atoms. The predicted molar refractivity (Wildman–Crippen MR) is 115 cm³/mol. The van der Waals surface area contributed by atoms with Gasteiger partial charge in [0.1, 0.15) is 10.6 Å². The van der Waals surface area contributed by atoms with E-state index in [1.165, 1.54) is 29.5 Å². The van der Waals surface area contributed by atoms with Crippen LogP contribution in [0.1, 0.15) is 29.2 Å². The molecule has 152 valence electrons. The molecule has 0 aliphatic rings. The van der Waals surface area contributed by atoms with Crippen molar-refractivity contribution in [3.8, 4) is 11.3 Å². The lowest BCUT2D eigenvalue weighted by atomic mass is 10.1. The molecule has 0 saturated carbocycles. The molecule has 0 bridgehead atoms. The van der Waals surface area contributed by atoms with Crippen molar-refractivity contribution >= 4 is 44.4 Å². The highest BCUT2D eigenvalue weighted by Crippen LogP contribution is 2.29. The Morgan fingerprint density at radius 3 is 2.34 bits per heavy atom. The van der Waals surface area contributed by atoms with E-state index in [0.29, 0.717) is 10.7 Å². The molecule has 0 aliphatic heterocycles. The third-order valence-corrected chi connectivity index (χ3v) is 6.66. The summed E-state index contributed by atoms with van der Waals surface area (Å²) >= 11 is 7.47. The first-order valence-electron chi connectivity index (χ1n) is 8.55. The second-order valence-electron chi connectivity index (χ2n) is 7.04. The number of carbonyl (C=O) groups is 1. The summed E-state index contributed by atoms with van der Waals surface area (Å²) in [5.41, 5.74) is 1.33. The molecule has 3 rings (SSSR count). The molecule has 9 heteroatoms. The van der Waals surface area contributed by atoms with Crippen molar-refractivity contribution in [3.05, 3.63) is 63.4 Å². The number of sulfone groups is 1. The summed E-state index contributed by atoms with van der Waals surface area (Å²) in [7, 11) is -3.40. The minimum absolute atomic E-state index is 0.0529. The number of nitrogens with zero attached hydrogens (tertiary/aromatic N) is 1. The van der Waals surface area contributed by atoms with Crippen LogP contribution in [0, 0.1) is 0 Å². The van der Waals surface area contributed by atoms with E-state index in [0.717, 1.165) is 17.5 Å². The largest absolute Gasteiger partial charge is 0.383 e. The summed E-state index contributed by atoms with van der Waals surface area (Å²) in [6.07, 6.45) is 1.08. The third-order valence-electron chi connectivity index (χ3n) is 4.08. The molecule has 0 radical (unpaired) electrons. The van der Waals surface area contributed by atoms with Gasteiger partial charge in [0.15, 0.2) is 9.84 Å². The van der Waals surface area contributed by atoms with Crippen molar-refractivity contribution < 1.29 is 18.3 Å². The van der Waals surface area contributed by atoms with Crippen molar-refractivity contribution in [1.29, 1.82) is 0 Å². The number of hydrogen-bond donors (Lipinski definition) is 2. The fourth-order valence-corrected chi connectivity index (χ4v) is 4.35. The van der Waals surface area contributed by atoms with E-state index in [1.807, 2.05) is 17.5 Å². The lowest BCUT2D eigenvalue weighted by Crippen LogP contribution is -2.14. The van der Waals surface area contributed by atoms with Gasteiger partial charge in [-0.1, -0.05) is 23.7 Å².